The number of hydrogen-bond acceptors (Lipinski definition) is 6. The molecule has 0 radical (unpaired) electrons. The Hall–Kier alpha value is -2.99. The first-order valence-corrected chi connectivity index (χ1v) is 9.82. The van der Waals surface area contributed by atoms with E-state index in [4.69, 9.17) is 5.73 Å². The lowest BCUT2D eigenvalue weighted by Crippen LogP contribution is -2.20. The van der Waals surface area contributed by atoms with Crippen LogP contribution in [0.25, 0.3) is 0 Å². The number of benzene rings is 2. The number of nitrogen functional groups attached to an aromatic ring is 1. The highest BCUT2D eigenvalue weighted by Crippen LogP contribution is 2.23. The fourth-order valence-electron chi connectivity index (χ4n) is 3.12. The van der Waals surface area contributed by atoms with E-state index in [-0.39, 0.29) is 11.4 Å². The molecule has 0 aliphatic rings. The second kappa shape index (κ2) is 8.57. The van der Waals surface area contributed by atoms with E-state index in [1.165, 1.54) is 11.1 Å². The van der Waals surface area contributed by atoms with Gasteiger partial charge in [-0.1, -0.05) is 63.2 Å². The third kappa shape index (κ3) is 5.74. The van der Waals surface area contributed by atoms with Gasteiger partial charge in [0.15, 0.2) is 0 Å². The molecule has 1 heterocycles. The summed E-state index contributed by atoms with van der Waals surface area (Å²) in [5.41, 5.74) is 10.7. The van der Waals surface area contributed by atoms with Crippen LogP contribution in [0.4, 0.5) is 17.6 Å². The van der Waals surface area contributed by atoms with E-state index < -0.39 is 0 Å². The molecule has 0 fully saturated rings. The zero-order chi connectivity index (χ0) is 21.0. The van der Waals surface area contributed by atoms with Crippen molar-refractivity contribution in [1.82, 2.24) is 19.9 Å². The molecule has 3 aromatic rings. The van der Waals surface area contributed by atoms with Crippen molar-refractivity contribution >= 4 is 17.6 Å². The Balaban J connectivity index is 1.68. The van der Waals surface area contributed by atoms with Crippen molar-refractivity contribution < 1.29 is 0 Å². The molecule has 0 saturated heterocycles. The molecule has 152 valence electrons. The average molecular weight is 391 g/mol. The summed E-state index contributed by atoms with van der Waals surface area (Å²) in [5, 5.41) is 3.24. The summed E-state index contributed by atoms with van der Waals surface area (Å²) in [6.45, 7) is 10.1. The topological polar surface area (TPSA) is 80.0 Å². The Morgan fingerprint density at radius 3 is 2.28 bits per heavy atom. The normalized spacial score (nSPS) is 11.7. The van der Waals surface area contributed by atoms with Gasteiger partial charge < -0.3 is 11.1 Å². The van der Waals surface area contributed by atoms with Crippen LogP contribution in [0.5, 0.6) is 0 Å². The van der Waals surface area contributed by atoms with Crippen LogP contribution in [0.15, 0.2) is 48.5 Å². The van der Waals surface area contributed by atoms with Gasteiger partial charge >= 0.3 is 0 Å². The van der Waals surface area contributed by atoms with Gasteiger partial charge in [-0.05, 0) is 42.1 Å². The first-order valence-electron chi connectivity index (χ1n) is 9.82. The van der Waals surface area contributed by atoms with Crippen LogP contribution >= 0.6 is 0 Å². The van der Waals surface area contributed by atoms with Gasteiger partial charge in [-0.25, -0.2) is 0 Å². The summed E-state index contributed by atoms with van der Waals surface area (Å²) in [6.07, 6.45) is 0. The van der Waals surface area contributed by atoms with Gasteiger partial charge in [0.1, 0.15) is 5.82 Å². The van der Waals surface area contributed by atoms with Crippen molar-refractivity contribution in [3.05, 3.63) is 71.0 Å². The highest BCUT2D eigenvalue weighted by atomic mass is 15.2. The number of rotatable bonds is 6. The summed E-state index contributed by atoms with van der Waals surface area (Å²) in [4.78, 5) is 15.2. The predicted octanol–water partition coefficient (Wildman–Crippen LogP) is 4.44. The highest BCUT2D eigenvalue weighted by molar-refractivity contribution is 5.58. The van der Waals surface area contributed by atoms with E-state index in [9.17, 15) is 0 Å². The molecule has 2 aromatic carbocycles. The summed E-state index contributed by atoms with van der Waals surface area (Å²) < 4.78 is 0. The van der Waals surface area contributed by atoms with Gasteiger partial charge in [-0.2, -0.15) is 15.0 Å². The molecule has 0 unspecified atom stereocenters. The second-order valence-corrected chi connectivity index (χ2v) is 8.49. The van der Waals surface area contributed by atoms with Crippen LogP contribution in [-0.2, 0) is 18.5 Å². The number of aromatic nitrogens is 3. The molecule has 0 bridgehead atoms. The molecule has 0 saturated carbocycles. The maximum absolute atomic E-state index is 5.92. The fourth-order valence-corrected chi connectivity index (χ4v) is 3.12. The lowest BCUT2D eigenvalue weighted by atomic mass is 9.87. The maximum atomic E-state index is 5.92. The summed E-state index contributed by atoms with van der Waals surface area (Å²) in [7, 11) is 2.05. The first-order chi connectivity index (χ1) is 13.7. The Bertz CT molecular complexity index is 960. The minimum absolute atomic E-state index is 0.160. The molecule has 0 aliphatic heterocycles. The minimum Gasteiger partial charge on any atom is -0.368 e. The zero-order valence-corrected chi connectivity index (χ0v) is 17.9. The van der Waals surface area contributed by atoms with Crippen molar-refractivity contribution in [3.63, 3.8) is 0 Å². The van der Waals surface area contributed by atoms with Crippen molar-refractivity contribution in [3.8, 4) is 0 Å². The molecule has 6 nitrogen and oxygen atoms in total. The maximum Gasteiger partial charge on any atom is 0.232 e. The van der Waals surface area contributed by atoms with Crippen LogP contribution in [-0.4, -0.2) is 26.9 Å². The van der Waals surface area contributed by atoms with Crippen molar-refractivity contribution in [2.24, 2.45) is 0 Å². The molecule has 0 aliphatic carbocycles. The molecule has 3 N–H and O–H groups in total. The molecule has 0 atom stereocenters. The van der Waals surface area contributed by atoms with E-state index in [2.05, 4.69) is 70.2 Å². The number of anilines is 3. The SMILES string of the molecule is Cc1ccccc1Nc1nc(N)nc(CN(C)Cc2ccc(C(C)(C)C)cc2)n1. The monoisotopic (exact) mass is 390 g/mol. The summed E-state index contributed by atoms with van der Waals surface area (Å²) in [5.74, 6) is 1.32. The number of nitrogens with one attached hydrogen (secondary N) is 1. The summed E-state index contributed by atoms with van der Waals surface area (Å²) >= 11 is 0. The van der Waals surface area contributed by atoms with Crippen molar-refractivity contribution in [2.45, 2.75) is 46.2 Å². The lowest BCUT2D eigenvalue weighted by Gasteiger charge is -2.20. The Morgan fingerprint density at radius 2 is 1.62 bits per heavy atom. The van der Waals surface area contributed by atoms with E-state index in [0.717, 1.165) is 17.8 Å². The van der Waals surface area contributed by atoms with Gasteiger partial charge in [0.25, 0.3) is 0 Å². The van der Waals surface area contributed by atoms with Crippen LogP contribution in [0.2, 0.25) is 0 Å². The Labute approximate surface area is 173 Å². The van der Waals surface area contributed by atoms with Crippen molar-refractivity contribution in [1.29, 1.82) is 0 Å². The molecule has 1 aromatic heterocycles. The van der Waals surface area contributed by atoms with E-state index in [0.29, 0.717) is 18.3 Å². The summed E-state index contributed by atoms with van der Waals surface area (Å²) in [6, 6.07) is 16.8. The largest absolute Gasteiger partial charge is 0.368 e. The van der Waals surface area contributed by atoms with E-state index in [1.54, 1.807) is 0 Å². The Kier molecular flexibility index (Phi) is 6.13. The quantitative estimate of drug-likeness (QED) is 0.648. The highest BCUT2D eigenvalue weighted by Gasteiger charge is 2.13. The number of hydrogen-bond donors (Lipinski definition) is 2. The molecule has 0 amide bonds. The number of para-hydroxylation sites is 1. The van der Waals surface area contributed by atoms with Gasteiger partial charge in [0.2, 0.25) is 11.9 Å². The standard InChI is InChI=1S/C23H30N6/c1-16-8-6-7-9-19(16)25-22-27-20(26-21(24)28-22)15-29(5)14-17-10-12-18(13-11-17)23(2,3)4/h6-13H,14-15H2,1-5H3,(H3,24,25,26,27,28). The smallest absolute Gasteiger partial charge is 0.232 e. The number of nitrogens with zero attached hydrogens (tertiary/aromatic N) is 4. The third-order valence-electron chi connectivity index (χ3n) is 4.77. The average Bonchev–Trinajstić information content (AvgIpc) is 2.63. The van der Waals surface area contributed by atoms with Gasteiger partial charge in [0, 0.05) is 12.2 Å². The molecular weight excluding hydrogens is 360 g/mol. The van der Waals surface area contributed by atoms with E-state index >= 15 is 0 Å². The predicted molar refractivity (Wildman–Crippen MR) is 119 cm³/mol. The Morgan fingerprint density at radius 1 is 0.931 bits per heavy atom. The minimum atomic E-state index is 0.160. The van der Waals surface area contributed by atoms with Crippen molar-refractivity contribution in [2.75, 3.05) is 18.1 Å². The molecule has 6 heteroatoms. The first kappa shape index (κ1) is 20.7. The number of nitrogens with two attached hydrogens (primary N) is 1. The molecular formula is C23H30N6. The zero-order valence-electron chi connectivity index (χ0n) is 17.9. The van der Waals surface area contributed by atoms with Gasteiger partial charge in [-0.3, -0.25) is 4.90 Å². The fraction of sp³-hybridized carbons (Fsp3) is 0.348. The van der Waals surface area contributed by atoms with Crippen LogP contribution < -0.4 is 11.1 Å². The number of aryl methyl sites for hydroxylation is 1. The molecule has 3 rings (SSSR count). The third-order valence-corrected chi connectivity index (χ3v) is 4.77. The van der Waals surface area contributed by atoms with E-state index in [1.807, 2.05) is 38.2 Å². The molecule has 29 heavy (non-hydrogen) atoms. The van der Waals surface area contributed by atoms with Crippen LogP contribution in [0, 0.1) is 6.92 Å². The van der Waals surface area contributed by atoms with Crippen LogP contribution in [0.1, 0.15) is 43.3 Å². The second-order valence-electron chi connectivity index (χ2n) is 8.49. The molecule has 0 spiro atoms. The van der Waals surface area contributed by atoms with Gasteiger partial charge in [-0.15, -0.1) is 0 Å². The van der Waals surface area contributed by atoms with Crippen LogP contribution in [0.3, 0.4) is 0 Å². The lowest BCUT2D eigenvalue weighted by molar-refractivity contribution is 0.310. The van der Waals surface area contributed by atoms with Gasteiger partial charge in [0.05, 0.1) is 6.54 Å².